The molecule has 0 radical (unpaired) electrons. The SMILES string of the molecule is C[C@@H](c1cccc(OCc2cccc(Br)c2)c1)N1C(=O)[C@H](N)Cc2ccc(Cl)cc21.Cl. The van der Waals surface area contributed by atoms with E-state index in [1.54, 1.807) is 4.90 Å². The van der Waals surface area contributed by atoms with Gasteiger partial charge in [0, 0.05) is 15.2 Å². The molecule has 1 aliphatic rings. The smallest absolute Gasteiger partial charge is 0.244 e. The van der Waals surface area contributed by atoms with Gasteiger partial charge in [0.25, 0.3) is 0 Å². The zero-order valence-electron chi connectivity index (χ0n) is 16.9. The highest BCUT2D eigenvalue weighted by molar-refractivity contribution is 9.10. The van der Waals surface area contributed by atoms with Gasteiger partial charge in [0.1, 0.15) is 12.4 Å². The van der Waals surface area contributed by atoms with Crippen LogP contribution in [0, 0.1) is 0 Å². The number of anilines is 1. The Morgan fingerprint density at radius 3 is 2.71 bits per heavy atom. The number of fused-ring (bicyclic) bond motifs is 1. The molecular weight excluding hydrogens is 499 g/mol. The third-order valence-electron chi connectivity index (χ3n) is 5.32. The number of carbonyl (C=O) groups excluding carboxylic acids is 1. The van der Waals surface area contributed by atoms with Crippen molar-refractivity contribution < 1.29 is 9.53 Å². The fraction of sp³-hybridized carbons (Fsp3) is 0.208. The van der Waals surface area contributed by atoms with Crippen molar-refractivity contribution in [3.8, 4) is 5.75 Å². The Hall–Kier alpha value is -2.05. The number of amides is 1. The maximum absolute atomic E-state index is 13.0. The van der Waals surface area contributed by atoms with Gasteiger partial charge in [-0.3, -0.25) is 4.79 Å². The molecule has 0 fully saturated rings. The van der Waals surface area contributed by atoms with Gasteiger partial charge in [-0.1, -0.05) is 57.9 Å². The molecule has 0 aromatic heterocycles. The minimum atomic E-state index is -0.558. The number of hydrogen-bond acceptors (Lipinski definition) is 3. The number of nitrogens with zero attached hydrogens (tertiary/aromatic N) is 1. The molecule has 1 amide bonds. The van der Waals surface area contributed by atoms with E-state index in [2.05, 4.69) is 15.9 Å². The summed E-state index contributed by atoms with van der Waals surface area (Å²) in [5.74, 6) is 0.650. The summed E-state index contributed by atoms with van der Waals surface area (Å²) in [7, 11) is 0. The summed E-state index contributed by atoms with van der Waals surface area (Å²) in [6, 6.07) is 20.7. The number of nitrogens with two attached hydrogens (primary N) is 1. The molecule has 2 N–H and O–H groups in total. The molecular formula is C24H23BrCl2N2O2. The average Bonchev–Trinajstić information content (AvgIpc) is 2.73. The first-order valence-electron chi connectivity index (χ1n) is 9.76. The maximum Gasteiger partial charge on any atom is 0.244 e. The van der Waals surface area contributed by atoms with Crippen LogP contribution in [0.5, 0.6) is 5.75 Å². The Kier molecular flexibility index (Phi) is 7.65. The molecule has 0 bridgehead atoms. The molecule has 31 heavy (non-hydrogen) atoms. The lowest BCUT2D eigenvalue weighted by molar-refractivity contribution is -0.120. The van der Waals surface area contributed by atoms with Crippen molar-refractivity contribution in [2.75, 3.05) is 4.90 Å². The summed E-state index contributed by atoms with van der Waals surface area (Å²) in [4.78, 5) is 14.7. The number of carbonyl (C=O) groups is 1. The van der Waals surface area contributed by atoms with E-state index in [0.29, 0.717) is 18.1 Å². The van der Waals surface area contributed by atoms with Gasteiger partial charge in [0.15, 0.2) is 0 Å². The highest BCUT2D eigenvalue weighted by Gasteiger charge is 2.34. The molecule has 1 aliphatic heterocycles. The molecule has 2 atom stereocenters. The van der Waals surface area contributed by atoms with Crippen LogP contribution in [0.25, 0.3) is 0 Å². The van der Waals surface area contributed by atoms with Crippen LogP contribution in [-0.2, 0) is 17.8 Å². The fourth-order valence-corrected chi connectivity index (χ4v) is 4.37. The van der Waals surface area contributed by atoms with E-state index in [1.807, 2.05) is 73.7 Å². The fourth-order valence-electron chi connectivity index (χ4n) is 3.76. The van der Waals surface area contributed by atoms with Gasteiger partial charge in [0.2, 0.25) is 5.91 Å². The van der Waals surface area contributed by atoms with E-state index in [9.17, 15) is 4.79 Å². The number of rotatable bonds is 5. The topological polar surface area (TPSA) is 55.6 Å². The monoisotopic (exact) mass is 520 g/mol. The highest BCUT2D eigenvalue weighted by atomic mass is 79.9. The lowest BCUT2D eigenvalue weighted by atomic mass is 9.94. The van der Waals surface area contributed by atoms with Gasteiger partial charge in [-0.25, -0.2) is 0 Å². The van der Waals surface area contributed by atoms with E-state index in [4.69, 9.17) is 22.1 Å². The van der Waals surface area contributed by atoms with E-state index in [0.717, 1.165) is 32.6 Å². The Bertz CT molecular complexity index is 1090. The van der Waals surface area contributed by atoms with Crippen LogP contribution >= 0.6 is 39.9 Å². The van der Waals surface area contributed by atoms with Crippen molar-refractivity contribution in [1.29, 1.82) is 0 Å². The van der Waals surface area contributed by atoms with E-state index in [1.165, 1.54) is 0 Å². The second kappa shape index (κ2) is 10.0. The van der Waals surface area contributed by atoms with Gasteiger partial charge in [-0.2, -0.15) is 0 Å². The Morgan fingerprint density at radius 1 is 1.16 bits per heavy atom. The third kappa shape index (κ3) is 5.24. The van der Waals surface area contributed by atoms with Crippen molar-refractivity contribution in [2.24, 2.45) is 5.73 Å². The maximum atomic E-state index is 13.0. The lowest BCUT2D eigenvalue weighted by Crippen LogP contribution is -2.49. The Morgan fingerprint density at radius 2 is 1.94 bits per heavy atom. The molecule has 0 unspecified atom stereocenters. The number of hydrogen-bond donors (Lipinski definition) is 1. The van der Waals surface area contributed by atoms with Crippen LogP contribution in [0.2, 0.25) is 5.02 Å². The summed E-state index contributed by atoms with van der Waals surface area (Å²) >= 11 is 9.70. The Balaban J connectivity index is 0.00000272. The molecule has 0 aliphatic carbocycles. The third-order valence-corrected chi connectivity index (χ3v) is 6.05. The second-order valence-electron chi connectivity index (χ2n) is 7.46. The molecule has 7 heteroatoms. The van der Waals surface area contributed by atoms with Gasteiger partial charge in [-0.15, -0.1) is 12.4 Å². The minimum Gasteiger partial charge on any atom is -0.489 e. The standard InChI is InChI=1S/C24H22BrClN2O2.ClH/c1-15(28-23-13-20(26)9-8-18(23)12-22(27)24(28)29)17-5-3-7-21(11-17)30-14-16-4-2-6-19(25)10-16;/h2-11,13,15,22H,12,14,27H2,1H3;1H/t15-,22+;/m0./s1. The summed E-state index contributed by atoms with van der Waals surface area (Å²) in [6.45, 7) is 2.46. The first-order chi connectivity index (χ1) is 14.4. The number of halogens is 3. The minimum absolute atomic E-state index is 0. The van der Waals surface area contributed by atoms with Crippen LogP contribution < -0.4 is 15.4 Å². The predicted molar refractivity (Wildman–Crippen MR) is 131 cm³/mol. The van der Waals surface area contributed by atoms with Crippen LogP contribution in [-0.4, -0.2) is 11.9 Å². The van der Waals surface area contributed by atoms with E-state index < -0.39 is 6.04 Å². The zero-order valence-corrected chi connectivity index (χ0v) is 20.1. The first-order valence-corrected chi connectivity index (χ1v) is 10.9. The largest absolute Gasteiger partial charge is 0.489 e. The second-order valence-corrected chi connectivity index (χ2v) is 8.81. The van der Waals surface area contributed by atoms with E-state index >= 15 is 0 Å². The molecule has 3 aromatic rings. The molecule has 4 rings (SSSR count). The van der Waals surface area contributed by atoms with Crippen molar-refractivity contribution >= 4 is 51.5 Å². The average molecular weight is 522 g/mol. The van der Waals surface area contributed by atoms with Gasteiger partial charge in [0.05, 0.1) is 12.1 Å². The quantitative estimate of drug-likeness (QED) is 0.442. The molecule has 4 nitrogen and oxygen atoms in total. The molecule has 0 saturated heterocycles. The van der Waals surface area contributed by atoms with E-state index in [-0.39, 0.29) is 24.4 Å². The van der Waals surface area contributed by atoms with Crippen molar-refractivity contribution in [3.63, 3.8) is 0 Å². The lowest BCUT2D eigenvalue weighted by Gasteiger charge is -2.37. The summed E-state index contributed by atoms with van der Waals surface area (Å²) < 4.78 is 7.01. The van der Waals surface area contributed by atoms with Crippen LogP contribution in [0.4, 0.5) is 5.69 Å². The van der Waals surface area contributed by atoms with Crippen LogP contribution in [0.15, 0.2) is 71.2 Å². The predicted octanol–water partition coefficient (Wildman–Crippen LogP) is 6.08. The summed E-state index contributed by atoms with van der Waals surface area (Å²) in [5.41, 5.74) is 10.0. The molecule has 162 valence electrons. The number of ether oxygens (including phenoxy) is 1. The molecule has 0 saturated carbocycles. The zero-order chi connectivity index (χ0) is 21.3. The van der Waals surface area contributed by atoms with Crippen molar-refractivity contribution in [3.05, 3.63) is 92.9 Å². The van der Waals surface area contributed by atoms with Crippen LogP contribution in [0.3, 0.4) is 0 Å². The normalized spacial score (nSPS) is 16.3. The van der Waals surface area contributed by atoms with Gasteiger partial charge in [-0.05, 0) is 66.4 Å². The van der Waals surface area contributed by atoms with Crippen LogP contribution in [0.1, 0.15) is 29.7 Å². The van der Waals surface area contributed by atoms with Crippen molar-refractivity contribution in [2.45, 2.75) is 32.0 Å². The summed E-state index contributed by atoms with van der Waals surface area (Å²) in [5, 5.41) is 0.598. The van der Waals surface area contributed by atoms with Gasteiger partial charge < -0.3 is 15.4 Å². The number of benzene rings is 3. The Labute approximate surface area is 201 Å². The summed E-state index contributed by atoms with van der Waals surface area (Å²) in [6.07, 6.45) is 0.518. The molecule has 0 spiro atoms. The van der Waals surface area contributed by atoms with Gasteiger partial charge >= 0.3 is 0 Å². The highest BCUT2D eigenvalue weighted by Crippen LogP contribution is 2.37. The molecule has 3 aromatic carbocycles. The molecule has 1 heterocycles. The van der Waals surface area contributed by atoms with Crippen molar-refractivity contribution in [1.82, 2.24) is 0 Å². The first kappa shape index (κ1) is 23.6.